The first-order chi connectivity index (χ1) is 4.47. The fourth-order valence-electron chi connectivity index (χ4n) is 1.07. The van der Waals surface area contributed by atoms with Gasteiger partial charge in [0.1, 0.15) is 0 Å². The number of fused-ring (bicyclic) bond motifs is 1. The summed E-state index contributed by atoms with van der Waals surface area (Å²) >= 11 is 0. The number of nitrogens with zero attached hydrogens (tertiary/aromatic N) is 1. The summed E-state index contributed by atoms with van der Waals surface area (Å²) < 4.78 is 0. The van der Waals surface area contributed by atoms with E-state index in [1.54, 1.807) is 0 Å². The molecule has 0 spiro atoms. The lowest BCUT2D eigenvalue weighted by Crippen LogP contribution is -2.11. The maximum absolute atomic E-state index is 4.21. The van der Waals surface area contributed by atoms with Gasteiger partial charge in [0.25, 0.3) is 0 Å². The molecular formula is C7H7NSi. The minimum Gasteiger partial charge on any atom is -0.257 e. The van der Waals surface area contributed by atoms with E-state index in [0.29, 0.717) is 0 Å². The maximum Gasteiger partial charge on any atom is 0.0812 e. The van der Waals surface area contributed by atoms with E-state index in [2.05, 4.69) is 22.8 Å². The molecule has 0 bridgehead atoms. The molecule has 0 fully saturated rings. The SMILES string of the molecule is C1=Cc2ncccc2[SiH2]1. The molecule has 1 aliphatic heterocycles. The van der Waals surface area contributed by atoms with E-state index in [4.69, 9.17) is 0 Å². The molecule has 0 unspecified atom stereocenters. The molecule has 0 aromatic carbocycles. The van der Waals surface area contributed by atoms with Crippen molar-refractivity contribution in [3.8, 4) is 0 Å². The Bertz CT molecular complexity index is 255. The van der Waals surface area contributed by atoms with Gasteiger partial charge < -0.3 is 0 Å². The predicted octanol–water partition coefficient (Wildman–Crippen LogP) is -0.140. The lowest BCUT2D eigenvalue weighted by atomic mass is 10.3. The van der Waals surface area contributed by atoms with Crippen LogP contribution < -0.4 is 5.19 Å². The summed E-state index contributed by atoms with van der Waals surface area (Å²) in [6.07, 6.45) is 3.98. The summed E-state index contributed by atoms with van der Waals surface area (Å²) in [7, 11) is -0.0515. The quantitative estimate of drug-likeness (QED) is 0.449. The summed E-state index contributed by atoms with van der Waals surface area (Å²) in [6.45, 7) is 0. The molecule has 0 amide bonds. The van der Waals surface area contributed by atoms with Gasteiger partial charge in [0.05, 0.1) is 15.2 Å². The minimum absolute atomic E-state index is 0.0515. The van der Waals surface area contributed by atoms with Crippen molar-refractivity contribution in [2.24, 2.45) is 0 Å². The number of pyridine rings is 1. The highest BCUT2D eigenvalue weighted by Crippen LogP contribution is 1.98. The van der Waals surface area contributed by atoms with E-state index in [9.17, 15) is 0 Å². The van der Waals surface area contributed by atoms with Gasteiger partial charge in [-0.2, -0.15) is 0 Å². The van der Waals surface area contributed by atoms with Crippen LogP contribution in [0.25, 0.3) is 6.08 Å². The van der Waals surface area contributed by atoms with Gasteiger partial charge in [-0.15, -0.1) is 0 Å². The maximum atomic E-state index is 4.21. The molecule has 1 aliphatic rings. The molecule has 1 aromatic rings. The smallest absolute Gasteiger partial charge is 0.0812 e. The van der Waals surface area contributed by atoms with Gasteiger partial charge >= 0.3 is 0 Å². The van der Waals surface area contributed by atoms with E-state index in [1.807, 2.05) is 12.3 Å². The van der Waals surface area contributed by atoms with Crippen LogP contribution in [-0.4, -0.2) is 14.5 Å². The molecule has 9 heavy (non-hydrogen) atoms. The number of aromatic nitrogens is 1. The summed E-state index contributed by atoms with van der Waals surface area (Å²) in [6, 6.07) is 4.19. The van der Waals surface area contributed by atoms with Crippen LogP contribution in [0, 0.1) is 0 Å². The van der Waals surface area contributed by atoms with Crippen LogP contribution in [0.4, 0.5) is 0 Å². The molecule has 1 nitrogen and oxygen atoms in total. The monoisotopic (exact) mass is 133 g/mol. The molecule has 0 atom stereocenters. The Labute approximate surface area is 56.3 Å². The van der Waals surface area contributed by atoms with Gasteiger partial charge in [-0.3, -0.25) is 4.98 Å². The van der Waals surface area contributed by atoms with Crippen molar-refractivity contribution in [2.75, 3.05) is 0 Å². The first-order valence-electron chi connectivity index (χ1n) is 3.07. The van der Waals surface area contributed by atoms with Crippen molar-refractivity contribution < 1.29 is 0 Å². The molecule has 2 rings (SSSR count). The van der Waals surface area contributed by atoms with Crippen LogP contribution in [0.5, 0.6) is 0 Å². The van der Waals surface area contributed by atoms with Crippen molar-refractivity contribution in [2.45, 2.75) is 0 Å². The topological polar surface area (TPSA) is 12.9 Å². The molecular weight excluding hydrogens is 126 g/mol. The molecule has 0 radical (unpaired) electrons. The van der Waals surface area contributed by atoms with Crippen molar-refractivity contribution in [1.29, 1.82) is 0 Å². The molecule has 0 saturated heterocycles. The van der Waals surface area contributed by atoms with Crippen molar-refractivity contribution in [3.05, 3.63) is 29.7 Å². The third-order valence-corrected chi connectivity index (χ3v) is 3.05. The van der Waals surface area contributed by atoms with Crippen molar-refractivity contribution >= 4 is 20.8 Å². The van der Waals surface area contributed by atoms with Gasteiger partial charge in [-0.1, -0.05) is 11.8 Å². The highest BCUT2D eigenvalue weighted by atomic mass is 28.2. The highest BCUT2D eigenvalue weighted by Gasteiger charge is 2.02. The second kappa shape index (κ2) is 1.81. The Balaban J connectivity index is 2.63. The molecule has 0 N–H and O–H groups in total. The van der Waals surface area contributed by atoms with E-state index in [1.165, 1.54) is 10.9 Å². The zero-order chi connectivity index (χ0) is 6.10. The van der Waals surface area contributed by atoms with Crippen molar-refractivity contribution in [1.82, 2.24) is 4.98 Å². The van der Waals surface area contributed by atoms with Crippen LogP contribution in [0.15, 0.2) is 24.0 Å². The van der Waals surface area contributed by atoms with Gasteiger partial charge in [0, 0.05) is 6.20 Å². The Hall–Kier alpha value is -0.893. The Morgan fingerprint density at radius 3 is 3.33 bits per heavy atom. The van der Waals surface area contributed by atoms with Crippen LogP contribution in [0.3, 0.4) is 0 Å². The normalized spacial score (nSPS) is 16.4. The standard InChI is InChI=1S/C7H7NSi/c1-2-7-6(8-4-1)3-5-9-7/h1-5H,9H2. The van der Waals surface area contributed by atoms with Crippen molar-refractivity contribution in [3.63, 3.8) is 0 Å². The molecule has 2 heterocycles. The molecule has 2 heteroatoms. The zero-order valence-corrected chi connectivity index (χ0v) is 6.46. The fourth-order valence-corrected chi connectivity index (χ4v) is 2.36. The fraction of sp³-hybridized carbons (Fsp3) is 0. The largest absolute Gasteiger partial charge is 0.257 e. The third-order valence-electron chi connectivity index (χ3n) is 1.54. The second-order valence-electron chi connectivity index (χ2n) is 2.15. The lowest BCUT2D eigenvalue weighted by Gasteiger charge is -1.91. The molecule has 44 valence electrons. The minimum atomic E-state index is -0.0515. The number of rotatable bonds is 0. The van der Waals surface area contributed by atoms with Gasteiger partial charge in [-0.25, -0.2) is 0 Å². The van der Waals surface area contributed by atoms with E-state index >= 15 is 0 Å². The summed E-state index contributed by atoms with van der Waals surface area (Å²) in [4.78, 5) is 4.21. The molecule has 0 saturated carbocycles. The Kier molecular flexibility index (Phi) is 0.992. The predicted molar refractivity (Wildman–Crippen MR) is 41.4 cm³/mol. The van der Waals surface area contributed by atoms with Gasteiger partial charge in [-0.05, 0) is 17.3 Å². The third kappa shape index (κ3) is 0.714. The second-order valence-corrected chi connectivity index (χ2v) is 3.80. The average molecular weight is 133 g/mol. The molecule has 0 aliphatic carbocycles. The number of hydrogen-bond acceptors (Lipinski definition) is 1. The van der Waals surface area contributed by atoms with Crippen LogP contribution in [0.2, 0.25) is 0 Å². The van der Waals surface area contributed by atoms with E-state index in [-0.39, 0.29) is 9.52 Å². The Morgan fingerprint density at radius 2 is 2.44 bits per heavy atom. The van der Waals surface area contributed by atoms with Crippen LogP contribution in [-0.2, 0) is 0 Å². The highest BCUT2D eigenvalue weighted by molar-refractivity contribution is 6.62. The van der Waals surface area contributed by atoms with E-state index < -0.39 is 0 Å². The van der Waals surface area contributed by atoms with Crippen LogP contribution in [0.1, 0.15) is 5.69 Å². The number of hydrogen-bond donors (Lipinski definition) is 0. The van der Waals surface area contributed by atoms with Crippen LogP contribution >= 0.6 is 0 Å². The summed E-state index contributed by atoms with van der Waals surface area (Å²) in [5.74, 6) is 0. The van der Waals surface area contributed by atoms with E-state index in [0.717, 1.165) is 0 Å². The Morgan fingerprint density at radius 1 is 1.44 bits per heavy atom. The summed E-state index contributed by atoms with van der Waals surface area (Å²) in [5, 5.41) is 1.48. The molecule has 1 aromatic heterocycles. The zero-order valence-electron chi connectivity index (χ0n) is 5.04. The first-order valence-corrected chi connectivity index (χ1v) is 4.59. The lowest BCUT2D eigenvalue weighted by molar-refractivity contribution is 1.32. The average Bonchev–Trinajstić information content (AvgIpc) is 2.33. The summed E-state index contributed by atoms with van der Waals surface area (Å²) in [5.41, 5.74) is 3.47. The van der Waals surface area contributed by atoms with Gasteiger partial charge in [0.2, 0.25) is 0 Å². The first kappa shape index (κ1) is 4.94. The van der Waals surface area contributed by atoms with Gasteiger partial charge in [0.15, 0.2) is 0 Å².